The Morgan fingerprint density at radius 2 is 2.19 bits per heavy atom. The lowest BCUT2D eigenvalue weighted by Crippen LogP contribution is -2.32. The van der Waals surface area contributed by atoms with Crippen LogP contribution in [0.2, 0.25) is 0 Å². The molecule has 0 aromatic heterocycles. The summed E-state index contributed by atoms with van der Waals surface area (Å²) < 4.78 is 0. The number of anilines is 1. The maximum atomic E-state index is 5.92. The van der Waals surface area contributed by atoms with Crippen molar-refractivity contribution >= 4 is 5.69 Å². The summed E-state index contributed by atoms with van der Waals surface area (Å²) in [6, 6.07) is 7.38. The number of fused-ring (bicyclic) bond motifs is 1. The highest BCUT2D eigenvalue weighted by molar-refractivity contribution is 5.57. The minimum Gasteiger partial charge on any atom is -0.382 e. The molecular formula is C14H20N2. The van der Waals surface area contributed by atoms with Crippen molar-refractivity contribution in [2.75, 3.05) is 11.9 Å². The maximum Gasteiger partial charge on any atom is 0.0378 e. The molecule has 2 atom stereocenters. The molecule has 1 aliphatic heterocycles. The van der Waals surface area contributed by atoms with E-state index in [1.54, 1.807) is 0 Å². The zero-order valence-corrected chi connectivity index (χ0v) is 9.87. The molecule has 0 amide bonds. The summed E-state index contributed by atoms with van der Waals surface area (Å²) in [6.45, 7) is 2.93. The Hall–Kier alpha value is -1.02. The second kappa shape index (κ2) is 3.77. The quantitative estimate of drug-likeness (QED) is 0.797. The lowest BCUT2D eigenvalue weighted by molar-refractivity contribution is 0.497. The van der Waals surface area contributed by atoms with Crippen molar-refractivity contribution in [2.45, 2.75) is 38.1 Å². The molecule has 1 aromatic rings. The van der Waals surface area contributed by atoms with E-state index in [0.717, 1.165) is 12.5 Å². The second-order valence-corrected chi connectivity index (χ2v) is 5.35. The summed E-state index contributed by atoms with van der Waals surface area (Å²) >= 11 is 0. The third kappa shape index (κ3) is 1.71. The minimum atomic E-state index is 0.557. The smallest absolute Gasteiger partial charge is 0.0378 e. The van der Waals surface area contributed by atoms with Gasteiger partial charge in [0.05, 0.1) is 0 Å². The van der Waals surface area contributed by atoms with Gasteiger partial charge in [0.15, 0.2) is 0 Å². The van der Waals surface area contributed by atoms with Gasteiger partial charge in [-0.25, -0.2) is 0 Å². The largest absolute Gasteiger partial charge is 0.382 e. The molecule has 2 heteroatoms. The van der Waals surface area contributed by atoms with Crippen LogP contribution in [-0.4, -0.2) is 12.6 Å². The van der Waals surface area contributed by atoms with Crippen LogP contribution < -0.4 is 11.1 Å². The topological polar surface area (TPSA) is 38.0 Å². The number of benzene rings is 1. The van der Waals surface area contributed by atoms with Crippen LogP contribution in [0.4, 0.5) is 5.69 Å². The monoisotopic (exact) mass is 216 g/mol. The minimum absolute atomic E-state index is 0.557. The number of nitrogens with one attached hydrogen (secondary N) is 1. The van der Waals surface area contributed by atoms with Gasteiger partial charge in [0.1, 0.15) is 0 Å². The predicted molar refractivity (Wildman–Crippen MR) is 67.7 cm³/mol. The summed E-state index contributed by atoms with van der Waals surface area (Å²) in [5.74, 6) is 1.46. The van der Waals surface area contributed by atoms with E-state index < -0.39 is 0 Å². The SMILES string of the molecule is Cc1ccc2c(c1)C(CN)CC(C1CC1)N2. The summed E-state index contributed by atoms with van der Waals surface area (Å²) in [5, 5.41) is 3.69. The average Bonchev–Trinajstić information content (AvgIpc) is 3.11. The zero-order valence-electron chi connectivity index (χ0n) is 9.87. The van der Waals surface area contributed by atoms with Crippen LogP contribution in [0.15, 0.2) is 18.2 Å². The van der Waals surface area contributed by atoms with Crippen molar-refractivity contribution in [3.05, 3.63) is 29.3 Å². The highest BCUT2D eigenvalue weighted by Crippen LogP contribution is 2.43. The molecule has 16 heavy (non-hydrogen) atoms. The molecule has 3 rings (SSSR count). The molecule has 0 spiro atoms. The Morgan fingerprint density at radius 3 is 2.88 bits per heavy atom. The maximum absolute atomic E-state index is 5.92. The Morgan fingerprint density at radius 1 is 1.38 bits per heavy atom. The Balaban J connectivity index is 1.93. The molecule has 2 unspecified atom stereocenters. The van der Waals surface area contributed by atoms with E-state index in [0.29, 0.717) is 12.0 Å². The lowest BCUT2D eigenvalue weighted by atomic mass is 9.84. The normalized spacial score (nSPS) is 28.4. The predicted octanol–water partition coefficient (Wildman–Crippen LogP) is 2.63. The van der Waals surface area contributed by atoms with E-state index in [-0.39, 0.29) is 0 Å². The number of nitrogens with two attached hydrogens (primary N) is 1. The van der Waals surface area contributed by atoms with Gasteiger partial charge in [-0.15, -0.1) is 0 Å². The standard InChI is InChI=1S/C14H20N2/c1-9-2-5-13-12(6-9)11(8-15)7-14(16-13)10-3-4-10/h2,5-6,10-11,14,16H,3-4,7-8,15H2,1H3. The Bertz CT molecular complexity index is 396. The lowest BCUT2D eigenvalue weighted by Gasteiger charge is -2.33. The van der Waals surface area contributed by atoms with E-state index in [1.807, 2.05) is 0 Å². The van der Waals surface area contributed by atoms with Crippen molar-refractivity contribution in [1.82, 2.24) is 0 Å². The molecule has 1 fully saturated rings. The average molecular weight is 216 g/mol. The van der Waals surface area contributed by atoms with E-state index in [4.69, 9.17) is 5.73 Å². The molecule has 2 nitrogen and oxygen atoms in total. The van der Waals surface area contributed by atoms with Crippen molar-refractivity contribution in [3.63, 3.8) is 0 Å². The van der Waals surface area contributed by atoms with Crippen molar-refractivity contribution < 1.29 is 0 Å². The molecule has 1 saturated carbocycles. The summed E-state index contributed by atoms with van der Waals surface area (Å²) in [5.41, 5.74) is 10.0. The Labute approximate surface area is 97.2 Å². The van der Waals surface area contributed by atoms with Gasteiger partial charge in [0.25, 0.3) is 0 Å². The molecule has 0 saturated heterocycles. The summed E-state index contributed by atoms with van der Waals surface area (Å²) in [6.07, 6.45) is 4.02. The first-order chi connectivity index (χ1) is 7.78. The molecule has 1 aromatic carbocycles. The van der Waals surface area contributed by atoms with E-state index in [1.165, 1.54) is 36.1 Å². The molecule has 0 bridgehead atoms. The third-order valence-electron chi connectivity index (χ3n) is 4.00. The van der Waals surface area contributed by atoms with Crippen LogP contribution in [0.25, 0.3) is 0 Å². The van der Waals surface area contributed by atoms with Crippen molar-refractivity contribution in [3.8, 4) is 0 Å². The van der Waals surface area contributed by atoms with Gasteiger partial charge in [0.2, 0.25) is 0 Å². The fourth-order valence-electron chi connectivity index (χ4n) is 2.88. The van der Waals surface area contributed by atoms with Gasteiger partial charge >= 0.3 is 0 Å². The molecule has 1 aliphatic carbocycles. The molecule has 3 N–H and O–H groups in total. The molecule has 0 radical (unpaired) electrons. The molecule has 1 heterocycles. The van der Waals surface area contributed by atoms with Gasteiger partial charge in [-0.1, -0.05) is 17.7 Å². The zero-order chi connectivity index (χ0) is 11.1. The van der Waals surface area contributed by atoms with Crippen LogP contribution in [0.3, 0.4) is 0 Å². The first-order valence-electron chi connectivity index (χ1n) is 6.35. The van der Waals surface area contributed by atoms with Crippen LogP contribution in [0, 0.1) is 12.8 Å². The second-order valence-electron chi connectivity index (χ2n) is 5.35. The third-order valence-corrected chi connectivity index (χ3v) is 4.00. The van der Waals surface area contributed by atoms with Gasteiger partial charge < -0.3 is 11.1 Å². The van der Waals surface area contributed by atoms with Crippen LogP contribution in [0.1, 0.15) is 36.3 Å². The van der Waals surface area contributed by atoms with Gasteiger partial charge in [0, 0.05) is 17.6 Å². The van der Waals surface area contributed by atoms with Crippen LogP contribution in [0.5, 0.6) is 0 Å². The van der Waals surface area contributed by atoms with E-state index in [2.05, 4.69) is 30.4 Å². The van der Waals surface area contributed by atoms with Gasteiger partial charge in [-0.3, -0.25) is 0 Å². The van der Waals surface area contributed by atoms with Crippen LogP contribution in [-0.2, 0) is 0 Å². The number of rotatable bonds is 2. The molecule has 2 aliphatic rings. The van der Waals surface area contributed by atoms with Crippen LogP contribution >= 0.6 is 0 Å². The molecular weight excluding hydrogens is 196 g/mol. The highest BCUT2D eigenvalue weighted by Gasteiger charge is 2.36. The summed E-state index contributed by atoms with van der Waals surface area (Å²) in [7, 11) is 0. The first-order valence-corrected chi connectivity index (χ1v) is 6.35. The van der Waals surface area contributed by atoms with Gasteiger partial charge in [-0.2, -0.15) is 0 Å². The summed E-state index contributed by atoms with van der Waals surface area (Å²) in [4.78, 5) is 0. The number of hydrogen-bond acceptors (Lipinski definition) is 2. The van der Waals surface area contributed by atoms with Gasteiger partial charge in [-0.05, 0) is 50.3 Å². The van der Waals surface area contributed by atoms with Crippen molar-refractivity contribution in [2.24, 2.45) is 11.7 Å². The van der Waals surface area contributed by atoms with E-state index >= 15 is 0 Å². The Kier molecular flexibility index (Phi) is 2.40. The fourth-order valence-corrected chi connectivity index (χ4v) is 2.88. The fraction of sp³-hybridized carbons (Fsp3) is 0.571. The number of aryl methyl sites for hydroxylation is 1. The molecule has 86 valence electrons. The number of hydrogen-bond donors (Lipinski definition) is 2. The first kappa shape index (κ1) is 10.2. The highest BCUT2D eigenvalue weighted by atomic mass is 15.0. The van der Waals surface area contributed by atoms with Crippen molar-refractivity contribution in [1.29, 1.82) is 0 Å². The van der Waals surface area contributed by atoms with E-state index in [9.17, 15) is 0 Å².